The van der Waals surface area contributed by atoms with Gasteiger partial charge in [-0.05, 0) is 41.9 Å². The van der Waals surface area contributed by atoms with Crippen LogP contribution in [-0.2, 0) is 15.7 Å². The second kappa shape index (κ2) is 7.08. The normalized spacial score (nSPS) is 12.9. The van der Waals surface area contributed by atoms with E-state index >= 15 is 0 Å². The van der Waals surface area contributed by atoms with Crippen molar-refractivity contribution in [3.8, 4) is 0 Å². The van der Waals surface area contributed by atoms with Crippen LogP contribution >= 0.6 is 15.9 Å². The standard InChI is InChI=1S/C12H13BrF4N2O2/c1-3-21-11(20)6(2)18-19-9-5-7(12(15,16)17)4-8(13)10(9)14/h4-6,18-19H,3H2,1-2H3. The van der Waals surface area contributed by atoms with E-state index in [2.05, 4.69) is 26.8 Å². The number of alkyl halides is 3. The molecule has 0 saturated heterocycles. The van der Waals surface area contributed by atoms with Crippen LogP contribution in [0, 0.1) is 5.82 Å². The number of hydrogen-bond donors (Lipinski definition) is 2. The van der Waals surface area contributed by atoms with Crippen LogP contribution in [0.15, 0.2) is 16.6 Å². The van der Waals surface area contributed by atoms with E-state index in [1.54, 1.807) is 6.92 Å². The molecule has 1 rings (SSSR count). The zero-order chi connectivity index (χ0) is 16.2. The molecular weight excluding hydrogens is 360 g/mol. The molecule has 2 N–H and O–H groups in total. The number of anilines is 1. The lowest BCUT2D eigenvalue weighted by Gasteiger charge is -2.17. The summed E-state index contributed by atoms with van der Waals surface area (Å²) in [5.74, 6) is -1.52. The number of rotatable bonds is 5. The van der Waals surface area contributed by atoms with Crippen LogP contribution < -0.4 is 10.9 Å². The van der Waals surface area contributed by atoms with Gasteiger partial charge in [-0.2, -0.15) is 13.2 Å². The fraction of sp³-hybridized carbons (Fsp3) is 0.417. The lowest BCUT2D eigenvalue weighted by atomic mass is 10.2. The number of esters is 1. The van der Waals surface area contributed by atoms with Gasteiger partial charge in [0.2, 0.25) is 0 Å². The zero-order valence-corrected chi connectivity index (χ0v) is 12.7. The Morgan fingerprint density at radius 1 is 1.43 bits per heavy atom. The number of hydrogen-bond acceptors (Lipinski definition) is 4. The fourth-order valence-corrected chi connectivity index (χ4v) is 1.82. The van der Waals surface area contributed by atoms with Crippen molar-refractivity contribution in [1.29, 1.82) is 0 Å². The van der Waals surface area contributed by atoms with Crippen LogP contribution in [0.1, 0.15) is 19.4 Å². The minimum absolute atomic E-state index is 0.161. The van der Waals surface area contributed by atoms with Crippen LogP contribution in [-0.4, -0.2) is 18.6 Å². The van der Waals surface area contributed by atoms with Gasteiger partial charge < -0.3 is 10.2 Å². The van der Waals surface area contributed by atoms with Gasteiger partial charge in [0.25, 0.3) is 0 Å². The lowest BCUT2D eigenvalue weighted by Crippen LogP contribution is -2.39. The van der Waals surface area contributed by atoms with Crippen LogP contribution in [0.2, 0.25) is 0 Å². The van der Waals surface area contributed by atoms with E-state index in [0.29, 0.717) is 12.1 Å². The Kier molecular flexibility index (Phi) is 5.97. The predicted octanol–water partition coefficient (Wildman–Crippen LogP) is 3.48. The van der Waals surface area contributed by atoms with Crippen LogP contribution in [0.4, 0.5) is 23.2 Å². The minimum Gasteiger partial charge on any atom is -0.465 e. The second-order valence-corrected chi connectivity index (χ2v) is 4.91. The summed E-state index contributed by atoms with van der Waals surface area (Å²) in [5.41, 5.74) is 3.17. The van der Waals surface area contributed by atoms with Gasteiger partial charge in [0.1, 0.15) is 6.04 Å². The summed E-state index contributed by atoms with van der Waals surface area (Å²) in [4.78, 5) is 11.3. The number of carbonyl (C=O) groups is 1. The molecule has 0 bridgehead atoms. The molecule has 9 heteroatoms. The van der Waals surface area contributed by atoms with Crippen LogP contribution in [0.25, 0.3) is 0 Å². The van der Waals surface area contributed by atoms with Gasteiger partial charge in [0.15, 0.2) is 5.82 Å². The molecule has 0 heterocycles. The number of ether oxygens (including phenoxy) is 1. The SMILES string of the molecule is CCOC(=O)C(C)NNc1cc(C(F)(F)F)cc(Br)c1F. The van der Waals surface area contributed by atoms with Crippen molar-refractivity contribution in [2.45, 2.75) is 26.1 Å². The van der Waals surface area contributed by atoms with Gasteiger partial charge in [-0.25, -0.2) is 9.82 Å². The van der Waals surface area contributed by atoms with Crippen LogP contribution in [0.5, 0.6) is 0 Å². The first-order valence-corrected chi connectivity index (χ1v) is 6.70. The molecule has 0 radical (unpaired) electrons. The highest BCUT2D eigenvalue weighted by Gasteiger charge is 2.32. The van der Waals surface area contributed by atoms with Crippen molar-refractivity contribution in [3.05, 3.63) is 28.0 Å². The third kappa shape index (κ3) is 4.85. The summed E-state index contributed by atoms with van der Waals surface area (Å²) in [5, 5.41) is 0. The Bertz CT molecular complexity index is 523. The molecule has 1 unspecified atom stereocenters. The molecule has 21 heavy (non-hydrogen) atoms. The predicted molar refractivity (Wildman–Crippen MR) is 72.0 cm³/mol. The maximum atomic E-state index is 13.7. The van der Waals surface area contributed by atoms with E-state index < -0.39 is 35.3 Å². The quantitative estimate of drug-likeness (QED) is 0.472. The van der Waals surface area contributed by atoms with Crippen LogP contribution in [0.3, 0.4) is 0 Å². The number of benzene rings is 1. The molecule has 0 saturated carbocycles. The van der Waals surface area contributed by atoms with E-state index in [1.807, 2.05) is 0 Å². The van der Waals surface area contributed by atoms with Gasteiger partial charge in [-0.15, -0.1) is 0 Å². The van der Waals surface area contributed by atoms with Crippen molar-refractivity contribution in [2.24, 2.45) is 0 Å². The Hall–Kier alpha value is -1.35. The summed E-state index contributed by atoms with van der Waals surface area (Å²) >= 11 is 2.72. The summed E-state index contributed by atoms with van der Waals surface area (Å²) in [6.45, 7) is 3.20. The highest BCUT2D eigenvalue weighted by molar-refractivity contribution is 9.10. The number of halogens is 5. The van der Waals surface area contributed by atoms with E-state index in [4.69, 9.17) is 4.74 Å². The molecule has 0 spiro atoms. The molecule has 0 aliphatic heterocycles. The molecule has 0 aromatic heterocycles. The Labute approximate surface area is 126 Å². The second-order valence-electron chi connectivity index (χ2n) is 4.06. The third-order valence-electron chi connectivity index (χ3n) is 2.42. The summed E-state index contributed by atoms with van der Waals surface area (Å²) in [6, 6.07) is 0.373. The van der Waals surface area contributed by atoms with Gasteiger partial charge in [0.05, 0.1) is 22.3 Å². The van der Waals surface area contributed by atoms with Gasteiger partial charge >= 0.3 is 12.1 Å². The molecule has 0 fully saturated rings. The molecule has 1 aromatic rings. The lowest BCUT2D eigenvalue weighted by molar-refractivity contribution is -0.145. The van der Waals surface area contributed by atoms with E-state index in [-0.39, 0.29) is 11.1 Å². The molecule has 0 aliphatic rings. The Morgan fingerprint density at radius 3 is 2.57 bits per heavy atom. The molecule has 0 amide bonds. The van der Waals surface area contributed by atoms with E-state index in [9.17, 15) is 22.4 Å². The monoisotopic (exact) mass is 372 g/mol. The maximum Gasteiger partial charge on any atom is 0.416 e. The summed E-state index contributed by atoms with van der Waals surface area (Å²) < 4.78 is 56.0. The molecule has 118 valence electrons. The van der Waals surface area contributed by atoms with E-state index in [1.165, 1.54) is 6.92 Å². The van der Waals surface area contributed by atoms with E-state index in [0.717, 1.165) is 0 Å². The fourth-order valence-electron chi connectivity index (χ4n) is 1.36. The Morgan fingerprint density at radius 2 is 2.05 bits per heavy atom. The van der Waals surface area contributed by atoms with Gasteiger partial charge in [-0.1, -0.05) is 0 Å². The zero-order valence-electron chi connectivity index (χ0n) is 11.1. The smallest absolute Gasteiger partial charge is 0.416 e. The van der Waals surface area contributed by atoms with Crippen molar-refractivity contribution < 1.29 is 27.1 Å². The van der Waals surface area contributed by atoms with Crippen molar-refractivity contribution in [2.75, 3.05) is 12.0 Å². The van der Waals surface area contributed by atoms with Crippen molar-refractivity contribution in [3.63, 3.8) is 0 Å². The molecule has 4 nitrogen and oxygen atoms in total. The van der Waals surface area contributed by atoms with Crippen molar-refractivity contribution >= 4 is 27.6 Å². The first-order chi connectivity index (χ1) is 9.66. The molecule has 1 atom stereocenters. The number of hydrazine groups is 1. The Balaban J connectivity index is 2.88. The number of carbonyl (C=O) groups excluding carboxylic acids is 1. The van der Waals surface area contributed by atoms with Crippen molar-refractivity contribution in [1.82, 2.24) is 5.43 Å². The summed E-state index contributed by atoms with van der Waals surface area (Å²) in [6.07, 6.45) is -4.61. The molecule has 1 aromatic carbocycles. The maximum absolute atomic E-state index is 13.7. The topological polar surface area (TPSA) is 50.4 Å². The minimum atomic E-state index is -4.61. The molecule has 0 aliphatic carbocycles. The van der Waals surface area contributed by atoms with Gasteiger partial charge in [-0.3, -0.25) is 4.79 Å². The van der Waals surface area contributed by atoms with Gasteiger partial charge in [0, 0.05) is 0 Å². The average molecular weight is 373 g/mol. The third-order valence-corrected chi connectivity index (χ3v) is 3.00. The first-order valence-electron chi connectivity index (χ1n) is 5.91. The summed E-state index contributed by atoms with van der Waals surface area (Å²) in [7, 11) is 0. The largest absolute Gasteiger partial charge is 0.465 e. The average Bonchev–Trinajstić information content (AvgIpc) is 2.38. The first kappa shape index (κ1) is 17.7. The highest BCUT2D eigenvalue weighted by atomic mass is 79.9. The highest BCUT2D eigenvalue weighted by Crippen LogP contribution is 2.35. The molecular formula is C12H13BrF4N2O2. The number of nitrogens with one attached hydrogen (secondary N) is 2.